The molecule has 0 bridgehead atoms. The third-order valence-corrected chi connectivity index (χ3v) is 4.25. The van der Waals surface area contributed by atoms with Gasteiger partial charge in [-0.2, -0.15) is 5.26 Å². The van der Waals surface area contributed by atoms with Crippen molar-refractivity contribution < 1.29 is 4.79 Å². The van der Waals surface area contributed by atoms with Gasteiger partial charge in [-0.3, -0.25) is 9.69 Å². The molecule has 0 saturated carbocycles. The van der Waals surface area contributed by atoms with Crippen molar-refractivity contribution >= 4 is 35.0 Å². The molecule has 0 aliphatic carbocycles. The highest BCUT2D eigenvalue weighted by molar-refractivity contribution is 7.99. The van der Waals surface area contributed by atoms with Gasteiger partial charge in [0, 0.05) is 16.5 Å². The maximum atomic E-state index is 12.3. The first kappa shape index (κ1) is 16.4. The van der Waals surface area contributed by atoms with Gasteiger partial charge in [-0.15, -0.1) is 11.8 Å². The Labute approximate surface area is 139 Å². The van der Waals surface area contributed by atoms with Gasteiger partial charge in [0.15, 0.2) is 0 Å². The van der Waals surface area contributed by atoms with Crippen molar-refractivity contribution in [2.45, 2.75) is 5.75 Å². The molecular weight excluding hydrogens is 316 g/mol. The van der Waals surface area contributed by atoms with Crippen LogP contribution in [-0.2, 0) is 10.5 Å². The average molecular weight is 331 g/mol. The number of halogens is 1. The molecule has 0 heterocycles. The monoisotopic (exact) mass is 330 g/mol. The summed E-state index contributed by atoms with van der Waals surface area (Å²) in [4.78, 5) is 13.8. The van der Waals surface area contributed by atoms with E-state index in [1.807, 2.05) is 60.7 Å². The molecule has 2 aromatic carbocycles. The number of carbonyl (C=O) groups is 1. The van der Waals surface area contributed by atoms with Crippen LogP contribution in [0.4, 0.5) is 5.69 Å². The highest BCUT2D eigenvalue weighted by Crippen LogP contribution is 2.18. The molecule has 0 N–H and O–H groups in total. The van der Waals surface area contributed by atoms with Gasteiger partial charge in [0.2, 0.25) is 5.91 Å². The first-order valence-electron chi connectivity index (χ1n) is 6.75. The molecule has 0 fully saturated rings. The molecule has 1 amide bonds. The highest BCUT2D eigenvalue weighted by atomic mass is 35.5. The van der Waals surface area contributed by atoms with Crippen LogP contribution in [0.2, 0.25) is 5.02 Å². The van der Waals surface area contributed by atoms with Crippen molar-refractivity contribution in [1.29, 1.82) is 5.26 Å². The fraction of sp³-hybridized carbons (Fsp3) is 0.176. The zero-order chi connectivity index (χ0) is 15.8. The summed E-state index contributed by atoms with van der Waals surface area (Å²) >= 11 is 7.37. The Morgan fingerprint density at radius 3 is 2.45 bits per heavy atom. The van der Waals surface area contributed by atoms with Gasteiger partial charge in [0.25, 0.3) is 0 Å². The van der Waals surface area contributed by atoms with Gasteiger partial charge in [-0.25, -0.2) is 0 Å². The van der Waals surface area contributed by atoms with Crippen LogP contribution in [0.1, 0.15) is 5.56 Å². The lowest BCUT2D eigenvalue weighted by atomic mass is 10.2. The van der Waals surface area contributed by atoms with Crippen LogP contribution in [0.3, 0.4) is 0 Å². The van der Waals surface area contributed by atoms with Gasteiger partial charge in [0.05, 0.1) is 11.8 Å². The van der Waals surface area contributed by atoms with E-state index in [4.69, 9.17) is 16.9 Å². The van der Waals surface area contributed by atoms with Crippen LogP contribution in [0.5, 0.6) is 0 Å². The van der Waals surface area contributed by atoms with Crippen LogP contribution >= 0.6 is 23.4 Å². The minimum absolute atomic E-state index is 0.0599. The molecule has 2 rings (SSSR count). The number of nitrogens with zero attached hydrogens (tertiary/aromatic N) is 2. The Bertz CT molecular complexity index is 653. The Morgan fingerprint density at radius 1 is 1.14 bits per heavy atom. The van der Waals surface area contributed by atoms with E-state index < -0.39 is 0 Å². The molecule has 0 unspecified atom stereocenters. The zero-order valence-corrected chi connectivity index (χ0v) is 13.5. The first-order valence-corrected chi connectivity index (χ1v) is 8.28. The quantitative estimate of drug-likeness (QED) is 0.748. The van der Waals surface area contributed by atoms with E-state index in [-0.39, 0.29) is 12.5 Å². The topological polar surface area (TPSA) is 44.1 Å². The SMILES string of the molecule is N#CCN(C(=O)CSCc1ccc(Cl)cc1)c1ccccc1. The van der Waals surface area contributed by atoms with Crippen molar-refractivity contribution in [2.24, 2.45) is 0 Å². The smallest absolute Gasteiger partial charge is 0.237 e. The number of anilines is 1. The molecule has 0 aromatic heterocycles. The normalized spacial score (nSPS) is 10.0. The summed E-state index contributed by atoms with van der Waals surface area (Å²) in [5.74, 6) is 1.00. The maximum Gasteiger partial charge on any atom is 0.237 e. The molecule has 0 radical (unpaired) electrons. The highest BCUT2D eigenvalue weighted by Gasteiger charge is 2.14. The number of para-hydroxylation sites is 1. The second kappa shape index (κ2) is 8.47. The minimum Gasteiger partial charge on any atom is -0.298 e. The third kappa shape index (κ3) is 4.80. The number of carbonyl (C=O) groups excluding carboxylic acids is 1. The van der Waals surface area contributed by atoms with E-state index in [2.05, 4.69) is 0 Å². The fourth-order valence-electron chi connectivity index (χ4n) is 1.92. The molecule has 112 valence electrons. The summed E-state index contributed by atoms with van der Waals surface area (Å²) in [7, 11) is 0. The molecule has 0 atom stereocenters. The van der Waals surface area contributed by atoms with E-state index in [0.717, 1.165) is 17.0 Å². The van der Waals surface area contributed by atoms with Gasteiger partial charge in [-0.05, 0) is 29.8 Å². The summed E-state index contributed by atoms with van der Waals surface area (Å²) < 4.78 is 0. The standard InChI is InChI=1S/C17H15ClN2OS/c18-15-8-6-14(7-9-15)12-22-13-17(21)20(11-10-19)16-4-2-1-3-5-16/h1-9H,11-13H2. The van der Waals surface area contributed by atoms with Gasteiger partial charge >= 0.3 is 0 Å². The number of rotatable bonds is 6. The van der Waals surface area contributed by atoms with Crippen molar-refractivity contribution in [2.75, 3.05) is 17.2 Å². The van der Waals surface area contributed by atoms with Crippen LogP contribution in [0.25, 0.3) is 0 Å². The Kier molecular flexibility index (Phi) is 6.32. The minimum atomic E-state index is -0.0632. The van der Waals surface area contributed by atoms with Gasteiger partial charge in [0.1, 0.15) is 6.54 Å². The summed E-state index contributed by atoms with van der Waals surface area (Å²) in [5.41, 5.74) is 1.87. The second-order valence-electron chi connectivity index (χ2n) is 4.59. The second-order valence-corrected chi connectivity index (χ2v) is 6.01. The van der Waals surface area contributed by atoms with E-state index in [1.165, 1.54) is 16.7 Å². The molecule has 0 aliphatic heterocycles. The van der Waals surface area contributed by atoms with Gasteiger partial charge in [-0.1, -0.05) is 41.9 Å². The molecular formula is C17H15ClN2OS. The Balaban J connectivity index is 1.92. The van der Waals surface area contributed by atoms with Crippen LogP contribution in [0.15, 0.2) is 54.6 Å². The van der Waals surface area contributed by atoms with Crippen molar-refractivity contribution in [3.8, 4) is 6.07 Å². The van der Waals surface area contributed by atoms with Gasteiger partial charge < -0.3 is 0 Å². The number of benzene rings is 2. The summed E-state index contributed by atoms with van der Waals surface area (Å²) in [6.45, 7) is 0.0599. The predicted octanol–water partition coefficient (Wildman–Crippen LogP) is 4.13. The molecule has 2 aromatic rings. The summed E-state index contributed by atoms with van der Waals surface area (Å²) in [6, 6.07) is 18.9. The average Bonchev–Trinajstić information content (AvgIpc) is 2.55. The summed E-state index contributed by atoms with van der Waals surface area (Å²) in [5, 5.41) is 9.62. The van der Waals surface area contributed by atoms with E-state index in [9.17, 15) is 4.79 Å². The van der Waals surface area contributed by atoms with Crippen LogP contribution < -0.4 is 4.90 Å². The van der Waals surface area contributed by atoms with Crippen LogP contribution in [-0.4, -0.2) is 18.2 Å². The Hall–Kier alpha value is -1.96. The molecule has 0 saturated heterocycles. The predicted molar refractivity (Wildman–Crippen MR) is 92.0 cm³/mol. The van der Waals surface area contributed by atoms with E-state index >= 15 is 0 Å². The number of hydrogen-bond acceptors (Lipinski definition) is 3. The van der Waals surface area contributed by atoms with Crippen molar-refractivity contribution in [3.05, 3.63) is 65.2 Å². The fourth-order valence-corrected chi connectivity index (χ4v) is 2.90. The first-order chi connectivity index (χ1) is 10.7. The molecule has 0 aliphatic rings. The number of thioether (sulfide) groups is 1. The third-order valence-electron chi connectivity index (χ3n) is 3.01. The Morgan fingerprint density at radius 2 is 1.82 bits per heavy atom. The maximum absolute atomic E-state index is 12.3. The van der Waals surface area contributed by atoms with E-state index in [1.54, 1.807) is 0 Å². The van der Waals surface area contributed by atoms with Crippen molar-refractivity contribution in [1.82, 2.24) is 0 Å². The van der Waals surface area contributed by atoms with Crippen LogP contribution in [0, 0.1) is 11.3 Å². The lowest BCUT2D eigenvalue weighted by Gasteiger charge is -2.19. The molecule has 22 heavy (non-hydrogen) atoms. The lowest BCUT2D eigenvalue weighted by molar-refractivity contribution is -0.116. The zero-order valence-electron chi connectivity index (χ0n) is 11.9. The molecule has 5 heteroatoms. The number of nitriles is 1. The summed E-state index contributed by atoms with van der Waals surface area (Å²) in [6.07, 6.45) is 0. The van der Waals surface area contributed by atoms with E-state index in [0.29, 0.717) is 10.8 Å². The number of hydrogen-bond donors (Lipinski definition) is 0. The lowest BCUT2D eigenvalue weighted by Crippen LogP contribution is -2.32. The number of amides is 1. The molecule has 3 nitrogen and oxygen atoms in total. The molecule has 0 spiro atoms. The van der Waals surface area contributed by atoms with Crippen molar-refractivity contribution in [3.63, 3.8) is 0 Å². The largest absolute Gasteiger partial charge is 0.298 e.